The van der Waals surface area contributed by atoms with E-state index in [1.165, 1.54) is 6.08 Å². The average molecular weight is 330 g/mol. The molecule has 0 aromatic carbocycles. The van der Waals surface area contributed by atoms with E-state index in [1.54, 1.807) is 20.8 Å². The number of amides is 2. The highest BCUT2D eigenvalue weighted by Gasteiger charge is 2.61. The smallest absolute Gasteiger partial charge is 0.408 e. The second-order valence-electron chi connectivity index (χ2n) is 6.82. The fraction of sp³-hybridized carbons (Fsp3) is 0.714. The summed E-state index contributed by atoms with van der Waals surface area (Å²) in [6, 6.07) is 0. The van der Waals surface area contributed by atoms with Crippen LogP contribution in [0.25, 0.3) is 0 Å². The molecule has 0 bridgehead atoms. The number of rotatable bonds is 5. The Morgan fingerprint density at radius 1 is 1.32 bits per heavy atom. The van der Waals surface area contributed by atoms with Crippen LogP contribution in [-0.4, -0.2) is 36.8 Å². The molecule has 22 heavy (non-hydrogen) atoms. The molecule has 2 amide bonds. The van der Waals surface area contributed by atoms with Crippen molar-refractivity contribution in [2.45, 2.75) is 56.4 Å². The van der Waals surface area contributed by atoms with Crippen LogP contribution in [0, 0.1) is 5.92 Å². The zero-order chi connectivity index (χ0) is 16.8. The third-order valence-electron chi connectivity index (χ3n) is 3.63. The van der Waals surface area contributed by atoms with E-state index in [2.05, 4.69) is 16.6 Å². The fourth-order valence-electron chi connectivity index (χ4n) is 2.20. The van der Waals surface area contributed by atoms with E-state index in [9.17, 15) is 18.0 Å². The van der Waals surface area contributed by atoms with Gasteiger partial charge >= 0.3 is 6.09 Å². The third-order valence-corrected chi connectivity index (χ3v) is 5.45. The molecule has 2 fully saturated rings. The Morgan fingerprint density at radius 2 is 1.91 bits per heavy atom. The molecular formula is C14H22N2O5S. The number of nitrogens with one attached hydrogen (secondary N) is 2. The summed E-state index contributed by atoms with van der Waals surface area (Å²) in [6.07, 6.45) is 2.19. The molecule has 2 atom stereocenters. The van der Waals surface area contributed by atoms with Crippen LogP contribution in [0.15, 0.2) is 12.7 Å². The van der Waals surface area contributed by atoms with Gasteiger partial charge in [-0.3, -0.25) is 9.52 Å². The van der Waals surface area contributed by atoms with E-state index in [0.29, 0.717) is 19.3 Å². The molecule has 2 aliphatic rings. The Labute approximate surface area is 130 Å². The van der Waals surface area contributed by atoms with Gasteiger partial charge < -0.3 is 10.1 Å². The number of alkyl carbamates (subject to hydrolysis) is 1. The molecule has 0 heterocycles. The molecule has 7 nitrogen and oxygen atoms in total. The second-order valence-corrected chi connectivity index (χ2v) is 8.78. The Hall–Kier alpha value is -1.57. The van der Waals surface area contributed by atoms with E-state index in [0.717, 1.165) is 0 Å². The largest absolute Gasteiger partial charge is 0.444 e. The summed E-state index contributed by atoms with van der Waals surface area (Å²) < 4.78 is 31.0. The average Bonchev–Trinajstić information content (AvgIpc) is 3.20. The monoisotopic (exact) mass is 330 g/mol. The van der Waals surface area contributed by atoms with Crippen LogP contribution in [0.2, 0.25) is 0 Å². The van der Waals surface area contributed by atoms with E-state index < -0.39 is 38.4 Å². The quantitative estimate of drug-likeness (QED) is 0.734. The molecule has 0 radical (unpaired) electrons. The lowest BCUT2D eigenvalue weighted by atomic mass is 10.2. The predicted molar refractivity (Wildman–Crippen MR) is 80.5 cm³/mol. The first-order chi connectivity index (χ1) is 10.00. The minimum atomic E-state index is -3.66. The van der Waals surface area contributed by atoms with Crippen LogP contribution in [0.3, 0.4) is 0 Å². The fourth-order valence-corrected chi connectivity index (χ4v) is 3.57. The molecule has 0 spiro atoms. The highest BCUT2D eigenvalue weighted by Crippen LogP contribution is 2.45. The van der Waals surface area contributed by atoms with E-state index in [1.807, 2.05) is 0 Å². The van der Waals surface area contributed by atoms with Gasteiger partial charge in [-0.2, -0.15) is 0 Å². The molecule has 2 saturated carbocycles. The predicted octanol–water partition coefficient (Wildman–Crippen LogP) is 1.06. The van der Waals surface area contributed by atoms with Gasteiger partial charge in [0.15, 0.2) is 0 Å². The lowest BCUT2D eigenvalue weighted by Crippen LogP contribution is -2.53. The summed E-state index contributed by atoms with van der Waals surface area (Å²) >= 11 is 0. The molecule has 0 aromatic heterocycles. The first kappa shape index (κ1) is 16.8. The van der Waals surface area contributed by atoms with Crippen LogP contribution in [-0.2, 0) is 19.6 Å². The van der Waals surface area contributed by atoms with Gasteiger partial charge in [0.1, 0.15) is 11.1 Å². The van der Waals surface area contributed by atoms with Crippen LogP contribution in [0.5, 0.6) is 0 Å². The Kier molecular flexibility index (Phi) is 4.01. The summed E-state index contributed by atoms with van der Waals surface area (Å²) in [7, 11) is -3.66. The summed E-state index contributed by atoms with van der Waals surface area (Å²) in [5, 5.41) is 1.99. The molecule has 2 rings (SSSR count). The van der Waals surface area contributed by atoms with Crippen molar-refractivity contribution in [3.8, 4) is 0 Å². The lowest BCUT2D eigenvalue weighted by Gasteiger charge is -2.23. The SMILES string of the molecule is C=C[C@H]1C[C@]1(NC(=O)OC(C)(C)C)C(=O)NS(=O)(=O)C1CC1. The maximum absolute atomic E-state index is 12.3. The zero-order valence-electron chi connectivity index (χ0n) is 13.0. The van der Waals surface area contributed by atoms with Crippen molar-refractivity contribution in [2.75, 3.05) is 0 Å². The topological polar surface area (TPSA) is 102 Å². The number of hydrogen-bond acceptors (Lipinski definition) is 5. The highest BCUT2D eigenvalue weighted by atomic mass is 32.2. The van der Waals surface area contributed by atoms with Gasteiger partial charge in [-0.1, -0.05) is 6.08 Å². The minimum Gasteiger partial charge on any atom is -0.444 e. The summed E-state index contributed by atoms with van der Waals surface area (Å²) in [5.74, 6) is -1.04. The molecule has 0 aromatic rings. The first-order valence-corrected chi connectivity index (χ1v) is 8.74. The van der Waals surface area contributed by atoms with Crippen molar-refractivity contribution in [1.82, 2.24) is 10.0 Å². The van der Waals surface area contributed by atoms with Gasteiger partial charge in [-0.05, 0) is 40.0 Å². The van der Waals surface area contributed by atoms with Gasteiger partial charge in [-0.15, -0.1) is 6.58 Å². The van der Waals surface area contributed by atoms with Crippen molar-refractivity contribution >= 4 is 22.0 Å². The van der Waals surface area contributed by atoms with E-state index in [4.69, 9.17) is 4.74 Å². The minimum absolute atomic E-state index is 0.307. The van der Waals surface area contributed by atoms with Crippen molar-refractivity contribution < 1.29 is 22.7 Å². The first-order valence-electron chi connectivity index (χ1n) is 7.20. The Bertz CT molecular complexity index is 603. The van der Waals surface area contributed by atoms with Gasteiger partial charge in [0.05, 0.1) is 5.25 Å². The molecular weight excluding hydrogens is 308 g/mol. The van der Waals surface area contributed by atoms with Crippen molar-refractivity contribution in [2.24, 2.45) is 5.92 Å². The van der Waals surface area contributed by atoms with Crippen LogP contribution in [0.4, 0.5) is 4.79 Å². The maximum atomic E-state index is 12.3. The van der Waals surface area contributed by atoms with Gasteiger partial charge in [0.25, 0.3) is 5.91 Å². The molecule has 124 valence electrons. The normalized spacial score (nSPS) is 27.7. The number of carbonyl (C=O) groups is 2. The van der Waals surface area contributed by atoms with Gasteiger partial charge in [-0.25, -0.2) is 13.2 Å². The van der Waals surface area contributed by atoms with E-state index >= 15 is 0 Å². The lowest BCUT2D eigenvalue weighted by molar-refractivity contribution is -0.122. The van der Waals surface area contributed by atoms with Crippen LogP contribution >= 0.6 is 0 Å². The maximum Gasteiger partial charge on any atom is 0.408 e. The summed E-state index contributed by atoms with van der Waals surface area (Å²) in [6.45, 7) is 8.71. The highest BCUT2D eigenvalue weighted by molar-refractivity contribution is 7.90. The number of ether oxygens (including phenoxy) is 1. The van der Waals surface area contributed by atoms with Crippen molar-refractivity contribution in [3.63, 3.8) is 0 Å². The Balaban J connectivity index is 2.07. The number of carbonyl (C=O) groups excluding carboxylic acids is 2. The second kappa shape index (κ2) is 5.26. The molecule has 0 unspecified atom stereocenters. The van der Waals surface area contributed by atoms with Crippen LogP contribution in [0.1, 0.15) is 40.0 Å². The molecule has 0 aliphatic heterocycles. The Morgan fingerprint density at radius 3 is 2.32 bits per heavy atom. The summed E-state index contributed by atoms with van der Waals surface area (Å²) in [4.78, 5) is 24.2. The molecule has 0 saturated heterocycles. The van der Waals surface area contributed by atoms with Crippen LogP contribution < -0.4 is 10.0 Å². The van der Waals surface area contributed by atoms with Gasteiger partial charge in [0.2, 0.25) is 10.0 Å². The van der Waals surface area contributed by atoms with Gasteiger partial charge in [0, 0.05) is 5.92 Å². The number of sulfonamides is 1. The third kappa shape index (κ3) is 3.60. The standard InChI is InChI=1S/C14H22N2O5S/c1-5-9-8-14(9,15-12(18)21-13(2,3)4)11(17)16-22(19,20)10-6-7-10/h5,9-10H,1,6-8H2,2-4H3,(H,15,18)(H,16,17)/t9-,14+/m0/s1. The summed E-state index contributed by atoms with van der Waals surface area (Å²) in [5.41, 5.74) is -1.99. The zero-order valence-corrected chi connectivity index (χ0v) is 13.8. The van der Waals surface area contributed by atoms with Crippen molar-refractivity contribution in [3.05, 3.63) is 12.7 Å². The van der Waals surface area contributed by atoms with Crippen molar-refractivity contribution in [1.29, 1.82) is 0 Å². The molecule has 2 N–H and O–H groups in total. The molecule has 2 aliphatic carbocycles. The number of hydrogen-bond donors (Lipinski definition) is 2. The molecule has 8 heteroatoms. The van der Waals surface area contributed by atoms with E-state index in [-0.39, 0.29) is 5.92 Å².